The summed E-state index contributed by atoms with van der Waals surface area (Å²) >= 11 is 0. The second-order valence-electron chi connectivity index (χ2n) is 9.70. The summed E-state index contributed by atoms with van der Waals surface area (Å²) in [6, 6.07) is 19.2. The van der Waals surface area contributed by atoms with Gasteiger partial charge in [0.1, 0.15) is 17.3 Å². The number of carbonyl (C=O) groups is 2. The third-order valence-corrected chi connectivity index (χ3v) is 6.70. The zero-order chi connectivity index (χ0) is 27.6. The summed E-state index contributed by atoms with van der Waals surface area (Å²) in [5.74, 6) is -0.271. The molecule has 1 atom stereocenters. The minimum absolute atomic E-state index is 0.0364. The molecule has 0 aromatic heterocycles. The third kappa shape index (κ3) is 4.96. The molecule has 7 nitrogen and oxygen atoms in total. The van der Waals surface area contributed by atoms with Crippen LogP contribution in [-0.2, 0) is 9.59 Å². The first-order valence-corrected chi connectivity index (χ1v) is 12.7. The molecule has 1 fully saturated rings. The first kappa shape index (κ1) is 26.8. The minimum atomic E-state index is -0.826. The average Bonchev–Trinajstić information content (AvgIpc) is 3.18. The monoisotopic (exact) mass is 514 g/mol. The molecule has 1 unspecified atom stereocenters. The van der Waals surface area contributed by atoms with Gasteiger partial charge >= 0.3 is 0 Å². The average molecular weight is 515 g/mol. The van der Waals surface area contributed by atoms with Crippen LogP contribution in [0.15, 0.2) is 72.3 Å². The highest BCUT2D eigenvalue weighted by atomic mass is 16.5. The Morgan fingerprint density at radius 2 is 1.74 bits per heavy atom. The molecule has 0 spiro atoms. The number of rotatable bonds is 8. The molecule has 0 saturated carbocycles. The molecule has 1 N–H and O–H groups in total. The number of carbonyl (C=O) groups excluding carboxylic acids is 2. The van der Waals surface area contributed by atoms with Crippen LogP contribution in [0, 0.1) is 0 Å². The van der Waals surface area contributed by atoms with Gasteiger partial charge in [-0.15, -0.1) is 0 Å². The van der Waals surface area contributed by atoms with Crippen molar-refractivity contribution in [3.8, 4) is 11.5 Å². The smallest absolute Gasteiger partial charge is 0.300 e. The lowest BCUT2D eigenvalue weighted by atomic mass is 9.93. The zero-order valence-electron chi connectivity index (χ0n) is 22.7. The normalized spacial score (nSPS) is 16.7. The molecule has 1 amide bonds. The molecular formula is C31H34N2O5. The Labute approximate surface area is 223 Å². The molecule has 1 aliphatic rings. The van der Waals surface area contributed by atoms with Crippen molar-refractivity contribution in [3.63, 3.8) is 0 Å². The van der Waals surface area contributed by atoms with Crippen molar-refractivity contribution in [2.24, 2.45) is 0 Å². The highest BCUT2D eigenvalue weighted by molar-refractivity contribution is 6.51. The van der Waals surface area contributed by atoms with E-state index >= 15 is 0 Å². The summed E-state index contributed by atoms with van der Waals surface area (Å²) in [6.07, 6.45) is 0. The van der Waals surface area contributed by atoms with Gasteiger partial charge in [0.15, 0.2) is 0 Å². The standard InChI is InChI=1S/C31H34N2O5/c1-7-38-24-10-8-9-23(18-24)33-28(20-11-14-22(15-12-20)32(4)5)27(30(35)31(33)36)29(34)21-13-16-26(37-6)25(17-21)19(2)3/h8-19,28,34H,7H2,1-6H3/b29-27-. The fourth-order valence-corrected chi connectivity index (χ4v) is 4.75. The van der Waals surface area contributed by atoms with Gasteiger partial charge in [-0.05, 0) is 66.4 Å². The number of ketones is 1. The molecule has 0 radical (unpaired) electrons. The molecular weight excluding hydrogens is 480 g/mol. The van der Waals surface area contributed by atoms with Gasteiger partial charge in [-0.2, -0.15) is 0 Å². The summed E-state index contributed by atoms with van der Waals surface area (Å²) in [6.45, 7) is 6.40. The van der Waals surface area contributed by atoms with E-state index in [0.29, 0.717) is 34.9 Å². The molecule has 0 aliphatic carbocycles. The van der Waals surface area contributed by atoms with Crippen molar-refractivity contribution in [3.05, 3.63) is 89.0 Å². The Kier molecular flexibility index (Phi) is 7.76. The van der Waals surface area contributed by atoms with Crippen LogP contribution in [0.4, 0.5) is 11.4 Å². The van der Waals surface area contributed by atoms with Crippen LogP contribution in [0.2, 0.25) is 0 Å². The molecule has 3 aromatic rings. The van der Waals surface area contributed by atoms with E-state index in [1.54, 1.807) is 43.5 Å². The van der Waals surface area contributed by atoms with Crippen LogP contribution in [0.5, 0.6) is 11.5 Å². The zero-order valence-corrected chi connectivity index (χ0v) is 22.7. The first-order chi connectivity index (χ1) is 18.2. The fraction of sp³-hybridized carbons (Fsp3) is 0.290. The predicted octanol–water partition coefficient (Wildman–Crippen LogP) is 5.91. The largest absolute Gasteiger partial charge is 0.507 e. The summed E-state index contributed by atoms with van der Waals surface area (Å²) in [7, 11) is 5.48. The van der Waals surface area contributed by atoms with Gasteiger partial charge in [-0.3, -0.25) is 14.5 Å². The number of methoxy groups -OCH3 is 1. The maximum atomic E-state index is 13.5. The quantitative estimate of drug-likeness (QED) is 0.229. The first-order valence-electron chi connectivity index (χ1n) is 12.7. The van der Waals surface area contributed by atoms with E-state index in [1.807, 2.05) is 70.1 Å². The summed E-state index contributed by atoms with van der Waals surface area (Å²) in [4.78, 5) is 30.5. The molecule has 4 rings (SSSR count). The third-order valence-electron chi connectivity index (χ3n) is 6.70. The minimum Gasteiger partial charge on any atom is -0.507 e. The van der Waals surface area contributed by atoms with Crippen molar-refractivity contribution < 1.29 is 24.2 Å². The number of amides is 1. The van der Waals surface area contributed by atoms with E-state index in [9.17, 15) is 14.7 Å². The van der Waals surface area contributed by atoms with E-state index in [1.165, 1.54) is 4.90 Å². The molecule has 1 heterocycles. The molecule has 0 bridgehead atoms. The number of ether oxygens (including phenoxy) is 2. The lowest BCUT2D eigenvalue weighted by molar-refractivity contribution is -0.132. The Hall–Kier alpha value is -4.26. The van der Waals surface area contributed by atoms with Crippen LogP contribution in [0.1, 0.15) is 49.4 Å². The molecule has 198 valence electrons. The van der Waals surface area contributed by atoms with Gasteiger partial charge in [0.2, 0.25) is 0 Å². The van der Waals surface area contributed by atoms with Gasteiger partial charge in [-0.1, -0.05) is 32.0 Å². The Bertz CT molecular complexity index is 1380. The van der Waals surface area contributed by atoms with Crippen LogP contribution in [0.3, 0.4) is 0 Å². The highest BCUT2D eigenvalue weighted by Crippen LogP contribution is 2.43. The Morgan fingerprint density at radius 3 is 2.34 bits per heavy atom. The van der Waals surface area contributed by atoms with E-state index in [-0.39, 0.29) is 17.3 Å². The maximum Gasteiger partial charge on any atom is 0.300 e. The van der Waals surface area contributed by atoms with E-state index < -0.39 is 17.7 Å². The fourth-order valence-electron chi connectivity index (χ4n) is 4.75. The SMILES string of the molecule is CCOc1cccc(N2C(=O)C(=O)/C(=C(\O)c3ccc(OC)c(C(C)C)c3)C2c2ccc(N(C)C)cc2)c1. The number of benzene rings is 3. The molecule has 1 saturated heterocycles. The molecule has 1 aliphatic heterocycles. The number of hydrogen-bond donors (Lipinski definition) is 1. The maximum absolute atomic E-state index is 13.5. The van der Waals surface area contributed by atoms with Gasteiger partial charge in [-0.25, -0.2) is 0 Å². The van der Waals surface area contributed by atoms with Crippen molar-refractivity contribution in [2.45, 2.75) is 32.7 Å². The number of aliphatic hydroxyl groups is 1. The van der Waals surface area contributed by atoms with Crippen LogP contribution < -0.4 is 19.3 Å². The van der Waals surface area contributed by atoms with Crippen molar-refractivity contribution >= 4 is 28.8 Å². The number of nitrogens with zero attached hydrogens (tertiary/aromatic N) is 2. The number of Topliss-reactive ketones (excluding diaryl/α,β-unsaturated/α-hetero) is 1. The van der Waals surface area contributed by atoms with Gasteiger partial charge in [0.05, 0.1) is 25.3 Å². The van der Waals surface area contributed by atoms with Crippen molar-refractivity contribution in [1.82, 2.24) is 0 Å². The molecule has 3 aromatic carbocycles. The van der Waals surface area contributed by atoms with Crippen molar-refractivity contribution in [1.29, 1.82) is 0 Å². The Balaban J connectivity index is 1.93. The number of hydrogen-bond acceptors (Lipinski definition) is 6. The summed E-state index contributed by atoms with van der Waals surface area (Å²) in [5, 5.41) is 11.6. The van der Waals surface area contributed by atoms with E-state index in [2.05, 4.69) is 0 Å². The van der Waals surface area contributed by atoms with Gasteiger partial charge in [0.25, 0.3) is 11.7 Å². The van der Waals surface area contributed by atoms with E-state index in [4.69, 9.17) is 9.47 Å². The van der Waals surface area contributed by atoms with Crippen LogP contribution in [-0.4, -0.2) is 44.6 Å². The summed E-state index contributed by atoms with van der Waals surface area (Å²) < 4.78 is 11.1. The summed E-state index contributed by atoms with van der Waals surface area (Å²) in [5.41, 5.74) is 3.56. The number of aliphatic hydroxyl groups excluding tert-OH is 1. The van der Waals surface area contributed by atoms with Crippen molar-refractivity contribution in [2.75, 3.05) is 37.6 Å². The van der Waals surface area contributed by atoms with Crippen LogP contribution >= 0.6 is 0 Å². The topological polar surface area (TPSA) is 79.3 Å². The Morgan fingerprint density at radius 1 is 1.03 bits per heavy atom. The molecule has 7 heteroatoms. The second kappa shape index (κ2) is 11.0. The predicted molar refractivity (Wildman–Crippen MR) is 150 cm³/mol. The second-order valence-corrected chi connectivity index (χ2v) is 9.70. The lowest BCUT2D eigenvalue weighted by Crippen LogP contribution is -2.29. The number of anilines is 2. The lowest BCUT2D eigenvalue weighted by Gasteiger charge is -2.26. The van der Waals surface area contributed by atoms with Gasteiger partial charge in [0, 0.05) is 37.1 Å². The van der Waals surface area contributed by atoms with Crippen LogP contribution in [0.25, 0.3) is 5.76 Å². The highest BCUT2D eigenvalue weighted by Gasteiger charge is 2.47. The van der Waals surface area contributed by atoms with E-state index in [0.717, 1.165) is 11.3 Å². The molecule has 38 heavy (non-hydrogen) atoms. The van der Waals surface area contributed by atoms with Gasteiger partial charge < -0.3 is 19.5 Å².